The number of halogens is 2. The normalized spacial score (nSPS) is 16.7. The lowest BCUT2D eigenvalue weighted by Crippen LogP contribution is -2.35. The number of hydrogen-bond acceptors (Lipinski definition) is 2. The molecule has 1 aliphatic rings. The van der Waals surface area contributed by atoms with Crippen LogP contribution in [-0.4, -0.2) is 32.6 Å². The molecule has 0 N–H and O–H groups in total. The lowest BCUT2D eigenvalue weighted by molar-refractivity contribution is 0.197. The van der Waals surface area contributed by atoms with Gasteiger partial charge in [-0.25, -0.2) is 0 Å². The van der Waals surface area contributed by atoms with Crippen LogP contribution in [-0.2, 0) is 20.0 Å². The molecule has 0 radical (unpaired) electrons. The average Bonchev–Trinajstić information content (AvgIpc) is 3.01. The van der Waals surface area contributed by atoms with Crippen LogP contribution in [0.3, 0.4) is 0 Å². The third-order valence-electron chi connectivity index (χ3n) is 4.07. The smallest absolute Gasteiger partial charge is 0.0767 e. The average molecular weight is 393 g/mol. The minimum Gasteiger partial charge on any atom is -0.294 e. The van der Waals surface area contributed by atoms with Crippen molar-refractivity contribution >= 4 is 31.9 Å². The van der Waals surface area contributed by atoms with Gasteiger partial charge in [0, 0.05) is 31.5 Å². The topological polar surface area (TPSA) is 21.1 Å². The van der Waals surface area contributed by atoms with Crippen molar-refractivity contribution in [2.24, 2.45) is 7.05 Å². The van der Waals surface area contributed by atoms with E-state index < -0.39 is 0 Å². The van der Waals surface area contributed by atoms with Crippen LogP contribution in [0.15, 0.2) is 4.47 Å². The molecule has 0 aromatic carbocycles. The van der Waals surface area contributed by atoms with Gasteiger partial charge in [0.15, 0.2) is 0 Å². The quantitative estimate of drug-likeness (QED) is 0.685. The van der Waals surface area contributed by atoms with E-state index in [1.165, 1.54) is 41.5 Å². The molecule has 5 heteroatoms. The highest BCUT2D eigenvalue weighted by Gasteiger charge is 2.24. The highest BCUT2D eigenvalue weighted by Crippen LogP contribution is 2.28. The van der Waals surface area contributed by atoms with Gasteiger partial charge in [-0.3, -0.25) is 9.58 Å². The van der Waals surface area contributed by atoms with E-state index in [0.717, 1.165) is 30.9 Å². The Hall–Kier alpha value is 0.130. The van der Waals surface area contributed by atoms with Gasteiger partial charge in [0.25, 0.3) is 0 Å². The zero-order valence-electron chi connectivity index (χ0n) is 11.8. The van der Waals surface area contributed by atoms with Crippen molar-refractivity contribution in [1.29, 1.82) is 0 Å². The molecule has 1 aromatic heterocycles. The van der Waals surface area contributed by atoms with Gasteiger partial charge in [0.05, 0.1) is 15.9 Å². The molecule has 0 aliphatic heterocycles. The van der Waals surface area contributed by atoms with Gasteiger partial charge in [-0.2, -0.15) is 5.10 Å². The number of rotatable bonds is 6. The first-order valence-corrected chi connectivity index (χ1v) is 9.09. The predicted octanol–water partition coefficient (Wildman–Crippen LogP) is 3.88. The molecule has 1 heterocycles. The van der Waals surface area contributed by atoms with Crippen LogP contribution in [0.1, 0.15) is 44.0 Å². The molecule has 0 atom stereocenters. The number of nitrogens with zero attached hydrogens (tertiary/aromatic N) is 3. The first kappa shape index (κ1) is 15.5. The Kier molecular flexibility index (Phi) is 5.90. The van der Waals surface area contributed by atoms with Crippen molar-refractivity contribution in [1.82, 2.24) is 14.7 Å². The van der Waals surface area contributed by atoms with Crippen molar-refractivity contribution in [3.63, 3.8) is 0 Å². The molecule has 1 saturated carbocycles. The molecular weight excluding hydrogens is 370 g/mol. The summed E-state index contributed by atoms with van der Waals surface area (Å²) >= 11 is 7.32. The Morgan fingerprint density at radius 2 is 2.05 bits per heavy atom. The standard InChI is InChI=1S/C14H23Br2N3/c1-3-12-14(16)13(18(2)17-12)10-19(9-8-15)11-6-4-5-7-11/h11H,3-10H2,1-2H3. The molecule has 0 amide bonds. The number of aromatic nitrogens is 2. The fourth-order valence-corrected chi connectivity index (χ4v) is 4.15. The molecule has 0 saturated heterocycles. The molecule has 1 aromatic rings. The van der Waals surface area contributed by atoms with Crippen LogP contribution in [0, 0.1) is 0 Å². The van der Waals surface area contributed by atoms with E-state index >= 15 is 0 Å². The molecule has 0 spiro atoms. The molecule has 0 bridgehead atoms. The van der Waals surface area contributed by atoms with Gasteiger partial charge in [-0.05, 0) is 35.2 Å². The maximum absolute atomic E-state index is 4.60. The second-order valence-corrected chi connectivity index (χ2v) is 6.87. The van der Waals surface area contributed by atoms with Crippen molar-refractivity contribution in [3.05, 3.63) is 15.9 Å². The van der Waals surface area contributed by atoms with Crippen molar-refractivity contribution in [2.75, 3.05) is 11.9 Å². The van der Waals surface area contributed by atoms with E-state index in [-0.39, 0.29) is 0 Å². The summed E-state index contributed by atoms with van der Waals surface area (Å²) in [6.45, 7) is 4.27. The van der Waals surface area contributed by atoms with E-state index in [0.29, 0.717) is 0 Å². The van der Waals surface area contributed by atoms with E-state index in [9.17, 15) is 0 Å². The van der Waals surface area contributed by atoms with E-state index in [4.69, 9.17) is 0 Å². The Bertz CT molecular complexity index is 411. The summed E-state index contributed by atoms with van der Waals surface area (Å²) in [5.74, 6) is 0. The van der Waals surface area contributed by atoms with E-state index in [1.807, 2.05) is 4.68 Å². The summed E-state index contributed by atoms with van der Waals surface area (Å²) in [7, 11) is 2.06. The molecule has 2 rings (SSSR count). The second kappa shape index (κ2) is 7.23. The van der Waals surface area contributed by atoms with E-state index in [2.05, 4.69) is 55.8 Å². The van der Waals surface area contributed by atoms with Crippen molar-refractivity contribution in [2.45, 2.75) is 51.6 Å². The highest BCUT2D eigenvalue weighted by molar-refractivity contribution is 9.10. The molecule has 1 aliphatic carbocycles. The summed E-state index contributed by atoms with van der Waals surface area (Å²) < 4.78 is 3.24. The van der Waals surface area contributed by atoms with Crippen LogP contribution in [0.4, 0.5) is 0 Å². The zero-order valence-corrected chi connectivity index (χ0v) is 15.0. The van der Waals surface area contributed by atoms with Gasteiger partial charge < -0.3 is 0 Å². The highest BCUT2D eigenvalue weighted by atomic mass is 79.9. The van der Waals surface area contributed by atoms with Crippen molar-refractivity contribution < 1.29 is 0 Å². The molecular formula is C14H23Br2N3. The SMILES string of the molecule is CCc1nn(C)c(CN(CCBr)C2CCCC2)c1Br. The van der Waals surface area contributed by atoms with Gasteiger partial charge in [-0.1, -0.05) is 35.7 Å². The van der Waals surface area contributed by atoms with Crippen molar-refractivity contribution in [3.8, 4) is 0 Å². The zero-order chi connectivity index (χ0) is 13.8. The minimum atomic E-state index is 0.754. The fraction of sp³-hybridized carbons (Fsp3) is 0.786. The maximum Gasteiger partial charge on any atom is 0.0767 e. The third-order valence-corrected chi connectivity index (χ3v) is 5.34. The first-order chi connectivity index (χ1) is 9.17. The Morgan fingerprint density at radius 3 is 2.58 bits per heavy atom. The first-order valence-electron chi connectivity index (χ1n) is 7.17. The third kappa shape index (κ3) is 3.61. The summed E-state index contributed by atoms with van der Waals surface area (Å²) in [5, 5.41) is 5.64. The minimum absolute atomic E-state index is 0.754. The largest absolute Gasteiger partial charge is 0.294 e. The molecule has 1 fully saturated rings. The number of aryl methyl sites for hydroxylation is 2. The van der Waals surface area contributed by atoms with Crippen LogP contribution in [0.25, 0.3) is 0 Å². The van der Waals surface area contributed by atoms with Crippen LogP contribution in [0.5, 0.6) is 0 Å². The van der Waals surface area contributed by atoms with Gasteiger partial charge in [0.1, 0.15) is 0 Å². The fourth-order valence-electron chi connectivity index (χ4n) is 2.95. The summed E-state index contributed by atoms with van der Waals surface area (Å²) in [6.07, 6.45) is 6.45. The van der Waals surface area contributed by atoms with Crippen LogP contribution < -0.4 is 0 Å². The van der Waals surface area contributed by atoms with Gasteiger partial charge in [0.2, 0.25) is 0 Å². The second-order valence-electron chi connectivity index (χ2n) is 5.28. The Morgan fingerprint density at radius 1 is 1.37 bits per heavy atom. The molecule has 19 heavy (non-hydrogen) atoms. The Balaban J connectivity index is 2.14. The van der Waals surface area contributed by atoms with Gasteiger partial charge >= 0.3 is 0 Å². The monoisotopic (exact) mass is 391 g/mol. The lowest BCUT2D eigenvalue weighted by Gasteiger charge is -2.28. The molecule has 3 nitrogen and oxygen atoms in total. The summed E-state index contributed by atoms with van der Waals surface area (Å²) in [4.78, 5) is 2.61. The summed E-state index contributed by atoms with van der Waals surface area (Å²) in [6, 6.07) is 0.754. The van der Waals surface area contributed by atoms with Crippen LogP contribution in [0.2, 0.25) is 0 Å². The van der Waals surface area contributed by atoms with Crippen LogP contribution >= 0.6 is 31.9 Å². The van der Waals surface area contributed by atoms with E-state index in [1.54, 1.807) is 0 Å². The molecule has 108 valence electrons. The predicted molar refractivity (Wildman–Crippen MR) is 86.7 cm³/mol. The summed E-state index contributed by atoms with van der Waals surface area (Å²) in [5.41, 5.74) is 2.48. The van der Waals surface area contributed by atoms with Gasteiger partial charge in [-0.15, -0.1) is 0 Å². The molecule has 0 unspecified atom stereocenters. The Labute approximate surface area is 133 Å². The lowest BCUT2D eigenvalue weighted by atomic mass is 10.2. The maximum atomic E-state index is 4.60. The number of alkyl halides is 1. The number of hydrogen-bond donors (Lipinski definition) is 0.